The maximum absolute atomic E-state index is 4.60. The lowest BCUT2D eigenvalue weighted by molar-refractivity contribution is 0.423. The van der Waals surface area contributed by atoms with E-state index < -0.39 is 0 Å². The highest BCUT2D eigenvalue weighted by molar-refractivity contribution is 5.31. The van der Waals surface area contributed by atoms with Gasteiger partial charge in [0, 0.05) is 43.1 Å². The SMILES string of the molecule is C=CCCCN(C)c1ncc(CNC(C)(C)C)c(C)n1. The normalized spacial score (nSPS) is 11.4. The summed E-state index contributed by atoms with van der Waals surface area (Å²) in [7, 11) is 2.03. The van der Waals surface area contributed by atoms with Crippen LogP contribution in [-0.2, 0) is 6.54 Å². The first-order valence-electron chi connectivity index (χ1n) is 7.23. The van der Waals surface area contributed by atoms with Gasteiger partial charge in [0.25, 0.3) is 0 Å². The molecule has 0 aliphatic carbocycles. The van der Waals surface area contributed by atoms with Crippen LogP contribution in [0.15, 0.2) is 18.9 Å². The topological polar surface area (TPSA) is 41.1 Å². The molecule has 1 N–H and O–H groups in total. The third kappa shape index (κ3) is 5.70. The van der Waals surface area contributed by atoms with Gasteiger partial charge in [-0.15, -0.1) is 6.58 Å². The van der Waals surface area contributed by atoms with Crippen LogP contribution in [0.4, 0.5) is 5.95 Å². The van der Waals surface area contributed by atoms with E-state index in [2.05, 4.69) is 47.5 Å². The molecule has 0 fully saturated rings. The number of nitrogens with zero attached hydrogens (tertiary/aromatic N) is 3. The van der Waals surface area contributed by atoms with E-state index in [-0.39, 0.29) is 5.54 Å². The van der Waals surface area contributed by atoms with Crippen LogP contribution in [0.25, 0.3) is 0 Å². The van der Waals surface area contributed by atoms with Gasteiger partial charge in [-0.25, -0.2) is 9.97 Å². The zero-order chi connectivity index (χ0) is 15.2. The van der Waals surface area contributed by atoms with Gasteiger partial charge in [-0.3, -0.25) is 0 Å². The highest BCUT2D eigenvalue weighted by Gasteiger charge is 2.11. The number of unbranched alkanes of at least 4 members (excludes halogenated alkanes) is 1. The Morgan fingerprint density at radius 2 is 2.10 bits per heavy atom. The minimum absolute atomic E-state index is 0.104. The molecule has 0 spiro atoms. The Morgan fingerprint density at radius 3 is 2.65 bits per heavy atom. The third-order valence-corrected chi connectivity index (χ3v) is 3.12. The van der Waals surface area contributed by atoms with Gasteiger partial charge < -0.3 is 10.2 Å². The Labute approximate surface area is 123 Å². The maximum Gasteiger partial charge on any atom is 0.225 e. The summed E-state index contributed by atoms with van der Waals surface area (Å²) in [4.78, 5) is 11.2. The number of allylic oxidation sites excluding steroid dienone is 1. The molecule has 1 heterocycles. The van der Waals surface area contributed by atoms with Crippen molar-refractivity contribution in [2.75, 3.05) is 18.5 Å². The molecular formula is C16H28N4. The second-order valence-electron chi connectivity index (χ2n) is 6.24. The van der Waals surface area contributed by atoms with Crippen LogP contribution in [0.1, 0.15) is 44.9 Å². The molecule has 0 aliphatic heterocycles. The van der Waals surface area contributed by atoms with Crippen molar-refractivity contribution in [1.82, 2.24) is 15.3 Å². The Hall–Kier alpha value is -1.42. The first kappa shape index (κ1) is 16.6. The lowest BCUT2D eigenvalue weighted by atomic mass is 10.1. The second-order valence-corrected chi connectivity index (χ2v) is 6.24. The predicted octanol–water partition coefficient (Wildman–Crippen LogP) is 3.08. The largest absolute Gasteiger partial charge is 0.344 e. The van der Waals surface area contributed by atoms with Gasteiger partial charge in [0.2, 0.25) is 5.95 Å². The molecule has 0 saturated carbocycles. The van der Waals surface area contributed by atoms with Crippen molar-refractivity contribution in [3.63, 3.8) is 0 Å². The summed E-state index contributed by atoms with van der Waals surface area (Å²) in [5.74, 6) is 0.797. The van der Waals surface area contributed by atoms with Crippen molar-refractivity contribution in [2.24, 2.45) is 0 Å². The van der Waals surface area contributed by atoms with Crippen molar-refractivity contribution < 1.29 is 0 Å². The predicted molar refractivity (Wildman–Crippen MR) is 86.1 cm³/mol. The monoisotopic (exact) mass is 276 g/mol. The van der Waals surface area contributed by atoms with E-state index in [1.807, 2.05) is 26.2 Å². The molecule has 0 aliphatic rings. The molecule has 1 aromatic heterocycles. The van der Waals surface area contributed by atoms with Crippen LogP contribution in [0, 0.1) is 6.92 Å². The van der Waals surface area contributed by atoms with Crippen LogP contribution in [0.3, 0.4) is 0 Å². The van der Waals surface area contributed by atoms with E-state index in [1.165, 1.54) is 0 Å². The molecule has 1 rings (SSSR count). The summed E-state index contributed by atoms with van der Waals surface area (Å²) in [6.07, 6.45) is 5.98. The van der Waals surface area contributed by atoms with Gasteiger partial charge in [-0.05, 0) is 40.5 Å². The third-order valence-electron chi connectivity index (χ3n) is 3.12. The number of nitrogens with one attached hydrogen (secondary N) is 1. The Bertz CT molecular complexity index is 435. The fourth-order valence-corrected chi connectivity index (χ4v) is 1.77. The molecule has 0 unspecified atom stereocenters. The highest BCUT2D eigenvalue weighted by atomic mass is 15.2. The summed E-state index contributed by atoms with van der Waals surface area (Å²) in [5, 5.41) is 3.46. The Kier molecular flexibility index (Phi) is 6.14. The van der Waals surface area contributed by atoms with Crippen LogP contribution in [0.5, 0.6) is 0 Å². The Balaban J connectivity index is 2.65. The zero-order valence-electron chi connectivity index (χ0n) is 13.5. The van der Waals surface area contributed by atoms with E-state index in [0.717, 1.165) is 43.1 Å². The minimum atomic E-state index is 0.104. The van der Waals surface area contributed by atoms with E-state index in [9.17, 15) is 0 Å². The van der Waals surface area contributed by atoms with E-state index in [0.29, 0.717) is 0 Å². The van der Waals surface area contributed by atoms with E-state index in [1.54, 1.807) is 0 Å². The number of hydrogen-bond acceptors (Lipinski definition) is 4. The van der Waals surface area contributed by atoms with Crippen LogP contribution in [-0.4, -0.2) is 29.1 Å². The second kappa shape index (κ2) is 7.39. The molecule has 4 nitrogen and oxygen atoms in total. The lowest BCUT2D eigenvalue weighted by Crippen LogP contribution is -2.35. The highest BCUT2D eigenvalue weighted by Crippen LogP contribution is 2.12. The van der Waals surface area contributed by atoms with E-state index in [4.69, 9.17) is 0 Å². The van der Waals surface area contributed by atoms with Gasteiger partial charge in [0.15, 0.2) is 0 Å². The number of aromatic nitrogens is 2. The van der Waals surface area contributed by atoms with Crippen LogP contribution >= 0.6 is 0 Å². The zero-order valence-corrected chi connectivity index (χ0v) is 13.5. The van der Waals surface area contributed by atoms with Gasteiger partial charge in [-0.2, -0.15) is 0 Å². The molecule has 4 heteroatoms. The van der Waals surface area contributed by atoms with Crippen molar-refractivity contribution in [3.05, 3.63) is 30.1 Å². The maximum atomic E-state index is 4.60. The van der Waals surface area contributed by atoms with Crippen molar-refractivity contribution in [2.45, 2.75) is 52.6 Å². The average molecular weight is 276 g/mol. The first-order valence-corrected chi connectivity index (χ1v) is 7.23. The molecule has 0 aromatic carbocycles. The van der Waals surface area contributed by atoms with Crippen molar-refractivity contribution in [3.8, 4) is 0 Å². The van der Waals surface area contributed by atoms with Gasteiger partial charge >= 0.3 is 0 Å². The fraction of sp³-hybridized carbons (Fsp3) is 0.625. The Morgan fingerprint density at radius 1 is 1.40 bits per heavy atom. The standard InChI is InChI=1S/C16H28N4/c1-7-8-9-10-20(6)15-17-11-14(13(2)19-15)12-18-16(3,4)5/h7,11,18H,1,8-10,12H2,2-6H3. The number of aryl methyl sites for hydroxylation is 1. The molecule has 0 saturated heterocycles. The molecule has 0 radical (unpaired) electrons. The molecule has 0 atom stereocenters. The molecular weight excluding hydrogens is 248 g/mol. The summed E-state index contributed by atoms with van der Waals surface area (Å²) in [5.41, 5.74) is 2.30. The lowest BCUT2D eigenvalue weighted by Gasteiger charge is -2.22. The smallest absolute Gasteiger partial charge is 0.225 e. The summed E-state index contributed by atoms with van der Waals surface area (Å²) >= 11 is 0. The fourth-order valence-electron chi connectivity index (χ4n) is 1.77. The summed E-state index contributed by atoms with van der Waals surface area (Å²) in [6, 6.07) is 0. The van der Waals surface area contributed by atoms with Gasteiger partial charge in [-0.1, -0.05) is 6.08 Å². The van der Waals surface area contributed by atoms with Gasteiger partial charge in [0.05, 0.1) is 0 Å². The minimum Gasteiger partial charge on any atom is -0.344 e. The van der Waals surface area contributed by atoms with E-state index >= 15 is 0 Å². The molecule has 1 aromatic rings. The molecule has 20 heavy (non-hydrogen) atoms. The summed E-state index contributed by atoms with van der Waals surface area (Å²) in [6.45, 7) is 14.0. The van der Waals surface area contributed by atoms with Gasteiger partial charge in [0.1, 0.15) is 0 Å². The quantitative estimate of drug-likeness (QED) is 0.614. The number of anilines is 1. The molecule has 0 amide bonds. The molecule has 112 valence electrons. The number of hydrogen-bond donors (Lipinski definition) is 1. The van der Waals surface area contributed by atoms with Crippen molar-refractivity contribution in [1.29, 1.82) is 0 Å². The average Bonchev–Trinajstić information content (AvgIpc) is 2.36. The molecule has 0 bridgehead atoms. The van der Waals surface area contributed by atoms with Crippen LogP contribution in [0.2, 0.25) is 0 Å². The first-order chi connectivity index (χ1) is 9.33. The van der Waals surface area contributed by atoms with Crippen molar-refractivity contribution >= 4 is 5.95 Å². The number of rotatable bonds is 7. The summed E-state index contributed by atoms with van der Waals surface area (Å²) < 4.78 is 0. The van der Waals surface area contributed by atoms with Crippen LogP contribution < -0.4 is 10.2 Å².